The minimum Gasteiger partial charge on any atom is -0.466 e. The van der Waals surface area contributed by atoms with Crippen LogP contribution in [0.15, 0.2) is 23.3 Å². The minimum absolute atomic E-state index is 0.0526. The maximum absolute atomic E-state index is 12.2. The van der Waals surface area contributed by atoms with Crippen molar-refractivity contribution < 1.29 is 34.1 Å². The summed E-state index contributed by atoms with van der Waals surface area (Å²) in [5.74, 6) is -4.04. The van der Waals surface area contributed by atoms with E-state index >= 15 is 0 Å². The standard InChI is InChI=1S/C18H26O7/c1-7-9(3)16(21)25-15-14(20)12(11(8-2)17(22)24-6)13(10(4)19)18(15,5)23/h7-8,12-15,20,23H,1-6H3/b9-7+,11-8+/t12-,13+,14+,15+,18-/m1/s1. The van der Waals surface area contributed by atoms with Gasteiger partial charge in [0.25, 0.3) is 0 Å². The molecule has 7 nitrogen and oxygen atoms in total. The highest BCUT2D eigenvalue weighted by atomic mass is 16.6. The molecule has 1 rings (SSSR count). The summed E-state index contributed by atoms with van der Waals surface area (Å²) in [5.41, 5.74) is -1.50. The van der Waals surface area contributed by atoms with Gasteiger partial charge in [0.2, 0.25) is 0 Å². The molecule has 0 bridgehead atoms. The number of carbonyl (C=O) groups is 3. The van der Waals surface area contributed by atoms with Gasteiger partial charge in [0.05, 0.1) is 13.0 Å². The summed E-state index contributed by atoms with van der Waals surface area (Å²) in [6, 6.07) is 0. The number of ether oxygens (including phenoxy) is 2. The number of carbonyl (C=O) groups excluding carboxylic acids is 3. The fourth-order valence-corrected chi connectivity index (χ4v) is 3.38. The number of aliphatic hydroxyl groups is 2. The van der Waals surface area contributed by atoms with Gasteiger partial charge in [-0.15, -0.1) is 0 Å². The molecule has 5 atom stereocenters. The SMILES string of the molecule is C/C=C(\C)C(=O)O[C@H]1[C@@H](O)[C@H](/C(=C\C)C(=O)OC)[C@H](C(C)=O)[C@@]1(C)O. The highest BCUT2D eigenvalue weighted by Gasteiger charge is 2.62. The van der Waals surface area contributed by atoms with E-state index in [-0.39, 0.29) is 5.57 Å². The fourth-order valence-electron chi connectivity index (χ4n) is 3.38. The fraction of sp³-hybridized carbons (Fsp3) is 0.611. The maximum Gasteiger partial charge on any atom is 0.333 e. The van der Waals surface area contributed by atoms with E-state index in [9.17, 15) is 24.6 Å². The van der Waals surface area contributed by atoms with Gasteiger partial charge < -0.3 is 19.7 Å². The predicted octanol–water partition coefficient (Wildman–Crippen LogP) is 0.931. The topological polar surface area (TPSA) is 110 Å². The normalized spacial score (nSPS) is 33.1. The number of methoxy groups -OCH3 is 1. The van der Waals surface area contributed by atoms with Crippen molar-refractivity contribution in [3.8, 4) is 0 Å². The number of ketones is 1. The Kier molecular flexibility index (Phi) is 6.68. The van der Waals surface area contributed by atoms with Crippen LogP contribution in [0.4, 0.5) is 0 Å². The number of Topliss-reactive ketones (excluding diaryl/α,β-unsaturated/α-hetero) is 1. The van der Waals surface area contributed by atoms with Crippen LogP contribution in [0.3, 0.4) is 0 Å². The van der Waals surface area contributed by atoms with Crippen LogP contribution >= 0.6 is 0 Å². The first-order chi connectivity index (χ1) is 11.5. The molecule has 7 heteroatoms. The first-order valence-corrected chi connectivity index (χ1v) is 8.03. The van der Waals surface area contributed by atoms with E-state index in [1.807, 2.05) is 0 Å². The van der Waals surface area contributed by atoms with Gasteiger partial charge in [0.15, 0.2) is 6.10 Å². The summed E-state index contributed by atoms with van der Waals surface area (Å²) >= 11 is 0. The molecule has 0 aliphatic heterocycles. The molecule has 1 aliphatic carbocycles. The Morgan fingerprint density at radius 2 is 1.64 bits per heavy atom. The molecule has 0 radical (unpaired) electrons. The Balaban J connectivity index is 3.38. The van der Waals surface area contributed by atoms with Crippen LogP contribution in [0, 0.1) is 11.8 Å². The molecule has 0 spiro atoms. The zero-order chi connectivity index (χ0) is 19.5. The first kappa shape index (κ1) is 21.1. The molecule has 0 aromatic rings. The van der Waals surface area contributed by atoms with E-state index in [4.69, 9.17) is 9.47 Å². The van der Waals surface area contributed by atoms with Crippen LogP contribution < -0.4 is 0 Å². The smallest absolute Gasteiger partial charge is 0.333 e. The van der Waals surface area contributed by atoms with Crippen molar-refractivity contribution in [2.45, 2.75) is 52.4 Å². The van der Waals surface area contributed by atoms with Crippen LogP contribution in [0.2, 0.25) is 0 Å². The van der Waals surface area contributed by atoms with Gasteiger partial charge in [-0.1, -0.05) is 12.2 Å². The van der Waals surface area contributed by atoms with Gasteiger partial charge in [-0.3, -0.25) is 4.79 Å². The molecule has 0 aromatic heterocycles. The Morgan fingerprint density at radius 1 is 1.08 bits per heavy atom. The van der Waals surface area contributed by atoms with Crippen molar-refractivity contribution in [2.24, 2.45) is 11.8 Å². The maximum atomic E-state index is 12.2. The second kappa shape index (κ2) is 7.93. The van der Waals surface area contributed by atoms with Crippen LogP contribution in [0.25, 0.3) is 0 Å². The summed E-state index contributed by atoms with van der Waals surface area (Å²) < 4.78 is 9.98. The monoisotopic (exact) mass is 354 g/mol. The highest BCUT2D eigenvalue weighted by Crippen LogP contribution is 2.46. The third-order valence-corrected chi connectivity index (χ3v) is 4.76. The molecule has 0 unspecified atom stereocenters. The molecular weight excluding hydrogens is 328 g/mol. The number of hydrogen-bond donors (Lipinski definition) is 2. The third-order valence-electron chi connectivity index (χ3n) is 4.76. The van der Waals surface area contributed by atoms with Crippen LogP contribution in [0.1, 0.15) is 34.6 Å². The number of allylic oxidation sites excluding steroid dienone is 2. The predicted molar refractivity (Wildman–Crippen MR) is 89.4 cm³/mol. The lowest BCUT2D eigenvalue weighted by molar-refractivity contribution is -0.167. The Morgan fingerprint density at radius 3 is 2.04 bits per heavy atom. The second-order valence-corrected chi connectivity index (χ2v) is 6.36. The van der Waals surface area contributed by atoms with Gasteiger partial charge >= 0.3 is 11.9 Å². The highest BCUT2D eigenvalue weighted by molar-refractivity contribution is 5.92. The quantitative estimate of drug-likeness (QED) is 0.558. The number of rotatable bonds is 5. The van der Waals surface area contributed by atoms with Gasteiger partial charge in [-0.25, -0.2) is 9.59 Å². The molecule has 140 valence electrons. The Labute approximate surface area is 147 Å². The van der Waals surface area contributed by atoms with Crippen molar-refractivity contribution in [2.75, 3.05) is 7.11 Å². The van der Waals surface area contributed by atoms with Gasteiger partial charge in [0, 0.05) is 17.1 Å². The summed E-state index contributed by atoms with van der Waals surface area (Å²) in [6.07, 6.45) is 0.147. The lowest BCUT2D eigenvalue weighted by atomic mass is 9.79. The van der Waals surface area contributed by atoms with E-state index in [1.54, 1.807) is 13.8 Å². The van der Waals surface area contributed by atoms with E-state index in [1.165, 1.54) is 40.0 Å². The van der Waals surface area contributed by atoms with Crippen molar-refractivity contribution in [1.82, 2.24) is 0 Å². The van der Waals surface area contributed by atoms with E-state index in [2.05, 4.69) is 0 Å². The second-order valence-electron chi connectivity index (χ2n) is 6.36. The molecule has 25 heavy (non-hydrogen) atoms. The zero-order valence-electron chi connectivity index (χ0n) is 15.4. The number of esters is 2. The summed E-state index contributed by atoms with van der Waals surface area (Å²) in [4.78, 5) is 36.3. The molecule has 0 heterocycles. The van der Waals surface area contributed by atoms with E-state index in [0.29, 0.717) is 5.57 Å². The summed E-state index contributed by atoms with van der Waals surface area (Å²) in [7, 11) is 1.18. The largest absolute Gasteiger partial charge is 0.466 e. The molecule has 0 amide bonds. The molecule has 1 saturated carbocycles. The molecular formula is C18H26O7. The van der Waals surface area contributed by atoms with Gasteiger partial charge in [-0.05, 0) is 34.6 Å². The van der Waals surface area contributed by atoms with Crippen molar-refractivity contribution in [1.29, 1.82) is 0 Å². The molecule has 1 aliphatic rings. The summed E-state index contributed by atoms with van der Waals surface area (Å²) in [6.45, 7) is 7.31. The van der Waals surface area contributed by atoms with Crippen LogP contribution in [-0.4, -0.2) is 52.9 Å². The molecule has 0 aromatic carbocycles. The summed E-state index contributed by atoms with van der Waals surface area (Å²) in [5, 5.41) is 21.6. The Bertz CT molecular complexity index is 615. The van der Waals surface area contributed by atoms with E-state index < -0.39 is 47.4 Å². The van der Waals surface area contributed by atoms with Crippen molar-refractivity contribution in [3.63, 3.8) is 0 Å². The average molecular weight is 354 g/mol. The van der Waals surface area contributed by atoms with Crippen molar-refractivity contribution in [3.05, 3.63) is 23.3 Å². The average Bonchev–Trinajstić information content (AvgIpc) is 2.74. The van der Waals surface area contributed by atoms with Gasteiger partial charge in [-0.2, -0.15) is 0 Å². The molecule has 2 N–H and O–H groups in total. The molecule has 0 saturated heterocycles. The third kappa shape index (κ3) is 3.82. The number of hydrogen-bond acceptors (Lipinski definition) is 7. The Hall–Kier alpha value is -1.99. The minimum atomic E-state index is -1.85. The number of aliphatic hydroxyl groups excluding tert-OH is 1. The lowest BCUT2D eigenvalue weighted by Gasteiger charge is -2.30. The van der Waals surface area contributed by atoms with E-state index in [0.717, 1.165) is 0 Å². The van der Waals surface area contributed by atoms with Crippen molar-refractivity contribution >= 4 is 17.7 Å². The first-order valence-electron chi connectivity index (χ1n) is 8.03. The van der Waals surface area contributed by atoms with Gasteiger partial charge in [0.1, 0.15) is 17.5 Å². The molecule has 1 fully saturated rings. The van der Waals surface area contributed by atoms with Crippen LogP contribution in [0.5, 0.6) is 0 Å². The lowest BCUT2D eigenvalue weighted by Crippen LogP contribution is -2.47. The zero-order valence-corrected chi connectivity index (χ0v) is 15.4. The van der Waals surface area contributed by atoms with Crippen LogP contribution in [-0.2, 0) is 23.9 Å².